The lowest BCUT2D eigenvalue weighted by atomic mass is 10.2. The molecule has 2 rings (SSSR count). The summed E-state index contributed by atoms with van der Waals surface area (Å²) < 4.78 is 14.8. The van der Waals surface area contributed by atoms with Crippen LogP contribution in [0.25, 0.3) is 6.08 Å². The molecule has 0 aliphatic rings. The standard InChI is InChI=1S/C20H19NO7/c1-26-16-6-4-3-5-14(16)20(25)21-18(23)12-28-19(24)10-8-13-7-9-15(22)17(11-13)27-2/h3-11,22H,12H2,1-2H3,(H,21,23,25)/b10-8+. The number of carbonyl (C=O) groups is 3. The minimum Gasteiger partial charge on any atom is -0.504 e. The van der Waals surface area contributed by atoms with Crippen molar-refractivity contribution >= 4 is 23.9 Å². The van der Waals surface area contributed by atoms with E-state index in [0.717, 1.165) is 6.08 Å². The number of aromatic hydroxyl groups is 1. The Hall–Kier alpha value is -3.81. The molecule has 146 valence electrons. The predicted octanol–water partition coefficient (Wildman–Crippen LogP) is 1.92. The van der Waals surface area contributed by atoms with Crippen LogP contribution in [0.1, 0.15) is 15.9 Å². The molecule has 0 spiro atoms. The molecule has 0 saturated carbocycles. The summed E-state index contributed by atoms with van der Waals surface area (Å²) in [5.74, 6) is -1.67. The fourth-order valence-corrected chi connectivity index (χ4v) is 2.21. The molecule has 0 heterocycles. The molecule has 8 heteroatoms. The van der Waals surface area contributed by atoms with Crippen LogP contribution in [0.3, 0.4) is 0 Å². The topological polar surface area (TPSA) is 111 Å². The van der Waals surface area contributed by atoms with Gasteiger partial charge in [0.1, 0.15) is 5.75 Å². The van der Waals surface area contributed by atoms with Gasteiger partial charge in [-0.15, -0.1) is 0 Å². The van der Waals surface area contributed by atoms with Gasteiger partial charge >= 0.3 is 5.97 Å². The zero-order valence-electron chi connectivity index (χ0n) is 15.3. The second-order valence-corrected chi connectivity index (χ2v) is 5.45. The number of imide groups is 1. The number of amides is 2. The first-order valence-corrected chi connectivity index (χ1v) is 8.13. The van der Waals surface area contributed by atoms with E-state index in [0.29, 0.717) is 11.3 Å². The Labute approximate surface area is 161 Å². The van der Waals surface area contributed by atoms with E-state index >= 15 is 0 Å². The Morgan fingerprint density at radius 3 is 2.46 bits per heavy atom. The first kappa shape index (κ1) is 20.5. The number of hydrogen-bond acceptors (Lipinski definition) is 7. The van der Waals surface area contributed by atoms with Gasteiger partial charge in [-0.1, -0.05) is 18.2 Å². The fourth-order valence-electron chi connectivity index (χ4n) is 2.21. The average Bonchev–Trinajstić information content (AvgIpc) is 2.71. The van der Waals surface area contributed by atoms with Gasteiger partial charge in [0, 0.05) is 6.08 Å². The number of methoxy groups -OCH3 is 2. The highest BCUT2D eigenvalue weighted by molar-refractivity contribution is 6.06. The fraction of sp³-hybridized carbons (Fsp3) is 0.150. The van der Waals surface area contributed by atoms with E-state index in [2.05, 4.69) is 5.32 Å². The minimum atomic E-state index is -0.774. The van der Waals surface area contributed by atoms with E-state index in [1.54, 1.807) is 24.3 Å². The largest absolute Gasteiger partial charge is 0.504 e. The van der Waals surface area contributed by atoms with Crippen LogP contribution in [0.15, 0.2) is 48.5 Å². The van der Waals surface area contributed by atoms with Crippen molar-refractivity contribution in [2.24, 2.45) is 0 Å². The summed E-state index contributed by atoms with van der Waals surface area (Å²) in [4.78, 5) is 35.6. The van der Waals surface area contributed by atoms with E-state index < -0.39 is 24.4 Å². The van der Waals surface area contributed by atoms with Gasteiger partial charge in [0.05, 0.1) is 19.8 Å². The third-order valence-electron chi connectivity index (χ3n) is 3.57. The minimum absolute atomic E-state index is 0.0291. The molecule has 8 nitrogen and oxygen atoms in total. The van der Waals surface area contributed by atoms with Crippen LogP contribution in [0.2, 0.25) is 0 Å². The van der Waals surface area contributed by atoms with Crippen molar-refractivity contribution in [1.29, 1.82) is 0 Å². The molecule has 2 N–H and O–H groups in total. The van der Waals surface area contributed by atoms with Gasteiger partial charge in [-0.25, -0.2) is 4.79 Å². The van der Waals surface area contributed by atoms with E-state index in [-0.39, 0.29) is 17.1 Å². The number of phenolic OH excluding ortho intramolecular Hbond substituents is 1. The highest BCUT2D eigenvalue weighted by Gasteiger charge is 2.15. The number of esters is 1. The van der Waals surface area contributed by atoms with Gasteiger partial charge in [0.15, 0.2) is 18.1 Å². The molecule has 0 radical (unpaired) electrons. The summed E-state index contributed by atoms with van der Waals surface area (Å²) in [6.07, 6.45) is 2.54. The van der Waals surface area contributed by atoms with Crippen molar-refractivity contribution in [3.63, 3.8) is 0 Å². The molecule has 0 aliphatic carbocycles. The van der Waals surface area contributed by atoms with Gasteiger partial charge in [-0.3, -0.25) is 14.9 Å². The van der Waals surface area contributed by atoms with Crippen LogP contribution < -0.4 is 14.8 Å². The lowest BCUT2D eigenvalue weighted by Gasteiger charge is -2.08. The van der Waals surface area contributed by atoms with Crippen molar-refractivity contribution in [2.45, 2.75) is 0 Å². The zero-order chi connectivity index (χ0) is 20.5. The maximum absolute atomic E-state index is 12.1. The average molecular weight is 385 g/mol. The van der Waals surface area contributed by atoms with Crippen LogP contribution in [-0.2, 0) is 14.3 Å². The molecule has 0 atom stereocenters. The molecule has 2 aromatic rings. The second kappa shape index (κ2) is 9.77. The molecule has 28 heavy (non-hydrogen) atoms. The SMILES string of the molecule is COc1cc(/C=C/C(=O)OCC(=O)NC(=O)c2ccccc2OC)ccc1O. The number of carbonyl (C=O) groups excluding carboxylic acids is 3. The Morgan fingerprint density at radius 2 is 1.75 bits per heavy atom. The molecule has 0 aromatic heterocycles. The quantitative estimate of drug-likeness (QED) is 0.553. The monoisotopic (exact) mass is 385 g/mol. The van der Waals surface area contributed by atoms with Crippen LogP contribution in [0, 0.1) is 0 Å². The maximum atomic E-state index is 12.1. The molecule has 0 aliphatic heterocycles. The van der Waals surface area contributed by atoms with Gasteiger partial charge in [-0.2, -0.15) is 0 Å². The van der Waals surface area contributed by atoms with Crippen molar-refractivity contribution < 1.29 is 33.7 Å². The summed E-state index contributed by atoms with van der Waals surface area (Å²) in [7, 11) is 2.81. The third kappa shape index (κ3) is 5.60. The van der Waals surface area contributed by atoms with Crippen molar-refractivity contribution in [3.8, 4) is 17.2 Å². The molecular formula is C20H19NO7. The number of ether oxygens (including phenoxy) is 3. The number of nitrogens with one attached hydrogen (secondary N) is 1. The van der Waals surface area contributed by atoms with Gasteiger partial charge < -0.3 is 19.3 Å². The lowest BCUT2D eigenvalue weighted by Crippen LogP contribution is -2.34. The van der Waals surface area contributed by atoms with Gasteiger partial charge in [-0.05, 0) is 35.9 Å². The summed E-state index contributed by atoms with van der Waals surface area (Å²) >= 11 is 0. The highest BCUT2D eigenvalue weighted by Crippen LogP contribution is 2.26. The van der Waals surface area contributed by atoms with Crippen molar-refractivity contribution in [2.75, 3.05) is 20.8 Å². The van der Waals surface area contributed by atoms with Crippen LogP contribution >= 0.6 is 0 Å². The van der Waals surface area contributed by atoms with E-state index in [1.807, 2.05) is 0 Å². The zero-order valence-corrected chi connectivity index (χ0v) is 15.3. The summed E-state index contributed by atoms with van der Waals surface area (Å²) in [6.45, 7) is -0.622. The lowest BCUT2D eigenvalue weighted by molar-refractivity contribution is -0.143. The normalized spacial score (nSPS) is 10.4. The Balaban J connectivity index is 1.87. The number of hydrogen-bond donors (Lipinski definition) is 2. The highest BCUT2D eigenvalue weighted by atomic mass is 16.5. The molecule has 2 amide bonds. The van der Waals surface area contributed by atoms with Crippen molar-refractivity contribution in [3.05, 3.63) is 59.7 Å². The first-order valence-electron chi connectivity index (χ1n) is 8.13. The van der Waals surface area contributed by atoms with Gasteiger partial charge in [0.2, 0.25) is 0 Å². The Morgan fingerprint density at radius 1 is 1.04 bits per heavy atom. The summed E-state index contributed by atoms with van der Waals surface area (Å²) in [6, 6.07) is 10.9. The number of rotatable bonds is 7. The second-order valence-electron chi connectivity index (χ2n) is 5.45. The van der Waals surface area contributed by atoms with Crippen LogP contribution in [0.4, 0.5) is 0 Å². The van der Waals surface area contributed by atoms with Crippen LogP contribution in [-0.4, -0.2) is 43.7 Å². The maximum Gasteiger partial charge on any atom is 0.331 e. The van der Waals surface area contributed by atoms with E-state index in [9.17, 15) is 19.5 Å². The molecule has 2 aromatic carbocycles. The summed E-state index contributed by atoms with van der Waals surface area (Å²) in [5, 5.41) is 11.6. The number of para-hydroxylation sites is 1. The van der Waals surface area contributed by atoms with E-state index in [4.69, 9.17) is 14.2 Å². The number of phenols is 1. The first-order chi connectivity index (χ1) is 13.4. The van der Waals surface area contributed by atoms with Crippen LogP contribution in [0.5, 0.6) is 17.2 Å². The molecule has 0 saturated heterocycles. The molecular weight excluding hydrogens is 366 g/mol. The molecule has 0 bridgehead atoms. The smallest absolute Gasteiger partial charge is 0.331 e. The van der Waals surface area contributed by atoms with Crippen molar-refractivity contribution in [1.82, 2.24) is 5.32 Å². The Bertz CT molecular complexity index is 905. The molecule has 0 unspecified atom stereocenters. The molecule has 0 fully saturated rings. The Kier molecular flexibility index (Phi) is 7.15. The predicted molar refractivity (Wildman–Crippen MR) is 100 cm³/mol. The summed E-state index contributed by atoms with van der Waals surface area (Å²) in [5.41, 5.74) is 0.772. The number of benzene rings is 2. The third-order valence-corrected chi connectivity index (χ3v) is 3.57. The van der Waals surface area contributed by atoms with E-state index in [1.165, 1.54) is 38.5 Å². The van der Waals surface area contributed by atoms with Gasteiger partial charge in [0.25, 0.3) is 11.8 Å².